The molecule has 0 heterocycles. The van der Waals surface area contributed by atoms with Crippen LogP contribution < -0.4 is 0 Å². The summed E-state index contributed by atoms with van der Waals surface area (Å²) in [5, 5.41) is 8.89. The Morgan fingerprint density at radius 1 is 1.18 bits per heavy atom. The zero-order valence-corrected chi connectivity index (χ0v) is 6.70. The quantitative estimate of drug-likeness (QED) is 0.558. The Labute approximate surface area is 66.5 Å². The Kier molecular flexibility index (Phi) is 4.82. The maximum Gasteiger partial charge on any atom is 0.352 e. The lowest BCUT2D eigenvalue weighted by Crippen LogP contribution is -1.74. The third kappa shape index (κ3) is 8.69. The summed E-state index contributed by atoms with van der Waals surface area (Å²) >= 11 is 0. The largest absolute Gasteiger partial charge is 0.352 e. The van der Waals surface area contributed by atoms with E-state index in [1.54, 1.807) is 0 Å². The predicted octanol–water partition coefficient (Wildman–Crippen LogP) is 1.96. The normalized spacial score (nSPS) is 7.82. The average molecular weight is 151 g/mol. The van der Waals surface area contributed by atoms with E-state index in [2.05, 4.69) is 19.1 Å². The van der Waals surface area contributed by atoms with Gasteiger partial charge in [0.05, 0.1) is 0 Å². The number of carbonyl (C=O) groups is 1. The summed E-state index contributed by atoms with van der Waals surface area (Å²) in [7, 11) is 0. The van der Waals surface area contributed by atoms with Crippen LogP contribution in [0.1, 0.15) is 12.5 Å². The molecule has 0 aromatic heterocycles. The Morgan fingerprint density at radius 3 is 1.73 bits per heavy atom. The second-order valence-corrected chi connectivity index (χ2v) is 2.15. The van der Waals surface area contributed by atoms with Gasteiger partial charge in [-0.1, -0.05) is 35.9 Å². The van der Waals surface area contributed by atoms with E-state index in [9.17, 15) is 0 Å². The van der Waals surface area contributed by atoms with Gasteiger partial charge in [-0.2, -0.15) is 0 Å². The van der Waals surface area contributed by atoms with Crippen molar-refractivity contribution in [3.8, 4) is 0 Å². The maximum atomic E-state index is 8.89. The molecule has 0 amide bonds. The molecular weight excluding hydrogens is 140 g/mol. The van der Waals surface area contributed by atoms with Gasteiger partial charge >= 0.3 is 5.97 Å². The summed E-state index contributed by atoms with van der Waals surface area (Å²) in [4.78, 5) is 8.89. The monoisotopic (exact) mass is 151 g/mol. The fourth-order valence-corrected chi connectivity index (χ4v) is 0.534. The molecule has 59 valence electrons. The molecule has 0 atom stereocenters. The molecule has 11 heavy (non-hydrogen) atoms. The Hall–Kier alpha value is -1.31. The van der Waals surface area contributed by atoms with Gasteiger partial charge in [-0.15, -0.1) is 0 Å². The van der Waals surface area contributed by atoms with Crippen LogP contribution in [0, 0.1) is 6.92 Å². The fraction of sp³-hybridized carbons (Fsp3) is 0.222. The second kappa shape index (κ2) is 5.47. The van der Waals surface area contributed by atoms with E-state index >= 15 is 0 Å². The van der Waals surface area contributed by atoms with Crippen LogP contribution in [-0.2, 0) is 9.90 Å². The van der Waals surface area contributed by atoms with Gasteiger partial charge in [0.1, 0.15) is 0 Å². The lowest BCUT2D eigenvalue weighted by atomic mass is 10.2. The summed E-state index contributed by atoms with van der Waals surface area (Å²) in [5.74, 6) is -1.08. The highest BCUT2D eigenvalue weighted by atomic mass is 16.4. The van der Waals surface area contributed by atoms with Crippen LogP contribution in [0.5, 0.6) is 0 Å². The lowest BCUT2D eigenvalue weighted by molar-refractivity contribution is -0.140. The summed E-state index contributed by atoms with van der Waals surface area (Å²) < 4.78 is 0. The zero-order valence-electron chi connectivity index (χ0n) is 6.70. The van der Waals surface area contributed by atoms with Gasteiger partial charge in [-0.05, 0) is 6.92 Å². The Bertz CT molecular complexity index is 200. The van der Waals surface area contributed by atoms with Crippen LogP contribution in [0.2, 0.25) is 0 Å². The molecule has 0 unspecified atom stereocenters. The van der Waals surface area contributed by atoms with Crippen LogP contribution in [0.4, 0.5) is 0 Å². The van der Waals surface area contributed by atoms with Crippen molar-refractivity contribution in [2.45, 2.75) is 13.8 Å². The van der Waals surface area contributed by atoms with Crippen molar-refractivity contribution < 1.29 is 9.90 Å². The fourth-order valence-electron chi connectivity index (χ4n) is 0.534. The summed E-state index contributed by atoms with van der Waals surface area (Å²) in [5.41, 5.74) is 1.32. The number of carbonyl (C=O) groups excluding carboxylic acids is 1. The van der Waals surface area contributed by atoms with Crippen molar-refractivity contribution in [2.75, 3.05) is 0 Å². The highest BCUT2D eigenvalue weighted by molar-refractivity contribution is 5.62. The minimum Gasteiger partial charge on any atom is -0.248 e. The Balaban J connectivity index is 0.000000218. The molecular formula is C9H11O2. The van der Waals surface area contributed by atoms with Crippen LogP contribution in [0.3, 0.4) is 0 Å². The molecule has 0 fully saturated rings. The molecule has 0 N–H and O–H groups in total. The molecule has 1 aromatic carbocycles. The van der Waals surface area contributed by atoms with Gasteiger partial charge in [0.2, 0.25) is 0 Å². The molecule has 2 heteroatoms. The SMILES string of the molecule is CC([O])=O.Cc1ccccc1. The van der Waals surface area contributed by atoms with Gasteiger partial charge in [0.15, 0.2) is 0 Å². The van der Waals surface area contributed by atoms with Crippen molar-refractivity contribution in [1.29, 1.82) is 0 Å². The van der Waals surface area contributed by atoms with E-state index in [0.717, 1.165) is 6.92 Å². The molecule has 0 aliphatic rings. The first kappa shape index (κ1) is 9.69. The zero-order chi connectivity index (χ0) is 8.69. The van der Waals surface area contributed by atoms with Crippen molar-refractivity contribution in [3.63, 3.8) is 0 Å². The van der Waals surface area contributed by atoms with Crippen LogP contribution in [0.25, 0.3) is 0 Å². The first-order valence-corrected chi connectivity index (χ1v) is 3.32. The highest BCUT2D eigenvalue weighted by Crippen LogP contribution is 1.92. The van der Waals surface area contributed by atoms with Crippen molar-refractivity contribution in [2.24, 2.45) is 0 Å². The number of benzene rings is 1. The van der Waals surface area contributed by atoms with E-state index in [1.165, 1.54) is 5.56 Å². The van der Waals surface area contributed by atoms with Gasteiger partial charge in [0.25, 0.3) is 0 Å². The van der Waals surface area contributed by atoms with Gasteiger partial charge in [0, 0.05) is 6.92 Å². The molecule has 2 nitrogen and oxygen atoms in total. The number of hydrogen-bond donors (Lipinski definition) is 0. The molecule has 0 spiro atoms. The molecule has 1 radical (unpaired) electrons. The topological polar surface area (TPSA) is 37.0 Å². The second-order valence-electron chi connectivity index (χ2n) is 2.15. The number of aryl methyl sites for hydroxylation is 1. The van der Waals surface area contributed by atoms with Gasteiger partial charge < -0.3 is 0 Å². The minimum atomic E-state index is -1.08. The van der Waals surface area contributed by atoms with Crippen LogP contribution >= 0.6 is 0 Å². The van der Waals surface area contributed by atoms with E-state index < -0.39 is 5.97 Å². The summed E-state index contributed by atoms with van der Waals surface area (Å²) in [6.45, 7) is 3.06. The predicted molar refractivity (Wildman–Crippen MR) is 42.5 cm³/mol. The molecule has 0 aliphatic carbocycles. The van der Waals surface area contributed by atoms with Crippen molar-refractivity contribution >= 4 is 5.97 Å². The smallest absolute Gasteiger partial charge is 0.248 e. The molecule has 0 saturated carbocycles. The standard InChI is InChI=1S/C7H8.C2H3O2/c1-7-5-3-2-4-6-7;1-2(3)4/h2-6H,1H3;1H3. The number of hydrogen-bond acceptors (Lipinski definition) is 1. The van der Waals surface area contributed by atoms with E-state index in [-0.39, 0.29) is 0 Å². The van der Waals surface area contributed by atoms with Crippen molar-refractivity contribution in [3.05, 3.63) is 35.9 Å². The van der Waals surface area contributed by atoms with Crippen LogP contribution in [-0.4, -0.2) is 5.97 Å². The molecule has 1 aromatic rings. The third-order valence-corrected chi connectivity index (χ3v) is 0.940. The van der Waals surface area contributed by atoms with E-state index in [0.29, 0.717) is 0 Å². The molecule has 0 aliphatic heterocycles. The highest BCUT2D eigenvalue weighted by Gasteiger charge is 1.72. The van der Waals surface area contributed by atoms with Crippen molar-refractivity contribution in [1.82, 2.24) is 0 Å². The minimum absolute atomic E-state index is 0.972. The van der Waals surface area contributed by atoms with Gasteiger partial charge in [-0.25, -0.2) is 9.90 Å². The van der Waals surface area contributed by atoms with Crippen LogP contribution in [0.15, 0.2) is 30.3 Å². The van der Waals surface area contributed by atoms with Gasteiger partial charge in [-0.3, -0.25) is 0 Å². The summed E-state index contributed by atoms with van der Waals surface area (Å²) in [6.07, 6.45) is 0. The molecule has 0 bridgehead atoms. The maximum absolute atomic E-state index is 8.89. The average Bonchev–Trinajstić information content (AvgIpc) is 1.87. The first-order valence-electron chi connectivity index (χ1n) is 3.32. The Morgan fingerprint density at radius 2 is 1.55 bits per heavy atom. The molecule has 1 rings (SSSR count). The van der Waals surface area contributed by atoms with E-state index in [4.69, 9.17) is 9.90 Å². The number of rotatable bonds is 0. The molecule has 0 saturated heterocycles. The first-order chi connectivity index (χ1) is 5.13. The summed E-state index contributed by atoms with van der Waals surface area (Å²) in [6, 6.07) is 10.3. The third-order valence-electron chi connectivity index (χ3n) is 0.940. The van der Waals surface area contributed by atoms with E-state index in [1.807, 2.05) is 18.2 Å². The lowest BCUT2D eigenvalue weighted by Gasteiger charge is -1.82.